The third-order valence-electron chi connectivity index (χ3n) is 4.66. The topological polar surface area (TPSA) is 76.0 Å². The largest absolute Gasteiger partial charge is 0.368 e. The Morgan fingerprint density at radius 1 is 1.27 bits per heavy atom. The molecule has 0 unspecified atom stereocenters. The van der Waals surface area contributed by atoms with Crippen molar-refractivity contribution in [2.24, 2.45) is 4.99 Å². The smallest absolute Gasteiger partial charge is 0.277 e. The molecule has 1 amide bonds. The first-order valence-electron chi connectivity index (χ1n) is 8.19. The molecule has 1 aromatic carbocycles. The number of carbonyl (C=O) groups excluding carboxylic acids is 1. The van der Waals surface area contributed by atoms with Gasteiger partial charge in [-0.15, -0.1) is 0 Å². The Balaban J connectivity index is 1.70. The highest BCUT2D eigenvalue weighted by Crippen LogP contribution is 2.42. The van der Waals surface area contributed by atoms with Gasteiger partial charge in [-0.25, -0.2) is 8.42 Å². The number of benzene rings is 1. The fraction of sp³-hybridized carbons (Fsp3) is 0.500. The molecular formula is C16H16Cl2N2O4S2. The molecule has 0 radical (unpaired) electrons. The lowest BCUT2D eigenvalue weighted by Gasteiger charge is -2.25. The lowest BCUT2D eigenvalue weighted by Crippen LogP contribution is -2.38. The van der Waals surface area contributed by atoms with Gasteiger partial charge in [-0.05, 0) is 31.0 Å². The maximum absolute atomic E-state index is 12.4. The second-order valence-corrected chi connectivity index (χ2v) is 10.7. The van der Waals surface area contributed by atoms with Crippen LogP contribution >= 0.6 is 35.0 Å². The molecule has 0 saturated carbocycles. The molecule has 26 heavy (non-hydrogen) atoms. The van der Waals surface area contributed by atoms with Crippen LogP contribution in [0.2, 0.25) is 10.0 Å². The number of amides is 1. The molecule has 0 aromatic heterocycles. The molecule has 3 atom stereocenters. The van der Waals surface area contributed by atoms with Crippen molar-refractivity contribution in [2.75, 3.05) is 23.0 Å². The number of sulfone groups is 1. The van der Waals surface area contributed by atoms with Gasteiger partial charge in [0.25, 0.3) is 5.91 Å². The summed E-state index contributed by atoms with van der Waals surface area (Å²) in [5.41, 5.74) is 0.676. The molecule has 0 bridgehead atoms. The van der Waals surface area contributed by atoms with E-state index in [9.17, 15) is 13.2 Å². The fourth-order valence-electron chi connectivity index (χ4n) is 3.44. The standard InChI is InChI=1S/C16H16Cl2N2O4S2/c17-10-4-3-9(6-11(10)18)20-12-7-26(22,23)8-14(12)25-16(20)19-15(21)13-2-1-5-24-13/h3-4,6,12-14H,1-2,5,7-8H2/t12-,13+,14-/m1/s1. The van der Waals surface area contributed by atoms with Crippen molar-refractivity contribution < 1.29 is 17.9 Å². The normalized spacial score (nSPS) is 31.5. The van der Waals surface area contributed by atoms with Gasteiger partial charge in [0.2, 0.25) is 0 Å². The van der Waals surface area contributed by atoms with Crippen molar-refractivity contribution in [3.63, 3.8) is 0 Å². The van der Waals surface area contributed by atoms with Crippen molar-refractivity contribution in [3.05, 3.63) is 28.2 Å². The number of hydrogen-bond donors (Lipinski definition) is 0. The van der Waals surface area contributed by atoms with Crippen molar-refractivity contribution in [1.82, 2.24) is 0 Å². The summed E-state index contributed by atoms with van der Waals surface area (Å²) in [6.07, 6.45) is 0.991. The predicted octanol–water partition coefficient (Wildman–Crippen LogP) is 2.77. The number of fused-ring (bicyclic) bond motifs is 1. The molecule has 0 N–H and O–H groups in total. The summed E-state index contributed by atoms with van der Waals surface area (Å²) in [6, 6.07) is 4.80. The number of ether oxygens (including phenoxy) is 1. The Hall–Kier alpha value is -0.800. The Bertz CT molecular complexity index is 884. The monoisotopic (exact) mass is 434 g/mol. The van der Waals surface area contributed by atoms with Gasteiger partial charge < -0.3 is 9.64 Å². The molecule has 0 spiro atoms. The Morgan fingerprint density at radius 2 is 2.08 bits per heavy atom. The summed E-state index contributed by atoms with van der Waals surface area (Å²) in [7, 11) is -3.12. The van der Waals surface area contributed by atoms with E-state index in [1.165, 1.54) is 11.8 Å². The van der Waals surface area contributed by atoms with Crippen molar-refractivity contribution in [2.45, 2.75) is 30.2 Å². The highest BCUT2D eigenvalue weighted by molar-refractivity contribution is 8.16. The molecule has 10 heteroatoms. The molecule has 3 heterocycles. The van der Waals surface area contributed by atoms with E-state index in [0.29, 0.717) is 33.9 Å². The molecular weight excluding hydrogens is 419 g/mol. The number of nitrogens with zero attached hydrogens (tertiary/aromatic N) is 2. The molecule has 6 nitrogen and oxygen atoms in total. The minimum atomic E-state index is -3.12. The zero-order valence-corrected chi connectivity index (χ0v) is 16.7. The van der Waals surface area contributed by atoms with Crippen LogP contribution in [0.15, 0.2) is 23.2 Å². The first kappa shape index (κ1) is 18.6. The van der Waals surface area contributed by atoms with E-state index >= 15 is 0 Å². The van der Waals surface area contributed by atoms with Crippen molar-refractivity contribution in [1.29, 1.82) is 0 Å². The predicted molar refractivity (Wildman–Crippen MR) is 104 cm³/mol. The lowest BCUT2D eigenvalue weighted by molar-refractivity contribution is -0.126. The van der Waals surface area contributed by atoms with Crippen LogP contribution in [0, 0.1) is 0 Å². The second kappa shape index (κ2) is 6.98. The summed E-state index contributed by atoms with van der Waals surface area (Å²) in [6.45, 7) is 0.564. The van der Waals surface area contributed by atoms with Crippen LogP contribution in [0.3, 0.4) is 0 Å². The van der Waals surface area contributed by atoms with Gasteiger partial charge >= 0.3 is 0 Å². The maximum Gasteiger partial charge on any atom is 0.277 e. The first-order chi connectivity index (χ1) is 12.3. The van der Waals surface area contributed by atoms with E-state index in [4.69, 9.17) is 27.9 Å². The summed E-state index contributed by atoms with van der Waals surface area (Å²) >= 11 is 13.5. The van der Waals surface area contributed by atoms with Crippen LogP contribution in [-0.4, -0.2) is 55.0 Å². The zero-order valence-electron chi connectivity index (χ0n) is 13.6. The maximum atomic E-state index is 12.4. The quantitative estimate of drug-likeness (QED) is 0.711. The van der Waals surface area contributed by atoms with Crippen LogP contribution in [0.5, 0.6) is 0 Å². The summed E-state index contributed by atoms with van der Waals surface area (Å²) in [4.78, 5) is 18.5. The minimum Gasteiger partial charge on any atom is -0.368 e. The van der Waals surface area contributed by atoms with Gasteiger partial charge in [0, 0.05) is 17.5 Å². The number of carbonyl (C=O) groups is 1. The van der Waals surface area contributed by atoms with E-state index in [0.717, 1.165) is 6.42 Å². The van der Waals surface area contributed by atoms with E-state index < -0.39 is 15.9 Å². The Morgan fingerprint density at radius 3 is 2.77 bits per heavy atom. The summed E-state index contributed by atoms with van der Waals surface area (Å²) in [5.74, 6) is -0.219. The van der Waals surface area contributed by atoms with Crippen LogP contribution in [0.1, 0.15) is 12.8 Å². The van der Waals surface area contributed by atoms with Crippen molar-refractivity contribution >= 4 is 61.6 Å². The number of amidine groups is 1. The van der Waals surface area contributed by atoms with Gasteiger partial charge in [0.1, 0.15) is 6.10 Å². The summed E-state index contributed by atoms with van der Waals surface area (Å²) < 4.78 is 29.5. The van der Waals surface area contributed by atoms with Crippen LogP contribution in [0.4, 0.5) is 5.69 Å². The Kier molecular flexibility index (Phi) is 4.98. The molecule has 4 rings (SSSR count). The molecule has 3 saturated heterocycles. The van der Waals surface area contributed by atoms with Crippen LogP contribution < -0.4 is 4.90 Å². The SMILES string of the molecule is O=C(N=C1S[C@@H]2CS(=O)(=O)C[C@H]2N1c1ccc(Cl)c(Cl)c1)[C@@H]1CCCO1. The average Bonchev–Trinajstić information content (AvgIpc) is 3.25. The van der Waals surface area contributed by atoms with E-state index in [1.54, 1.807) is 23.1 Å². The average molecular weight is 435 g/mol. The van der Waals surface area contributed by atoms with E-state index in [1.807, 2.05) is 0 Å². The van der Waals surface area contributed by atoms with E-state index in [2.05, 4.69) is 4.99 Å². The molecule has 140 valence electrons. The van der Waals surface area contributed by atoms with Crippen LogP contribution in [0.25, 0.3) is 0 Å². The number of aliphatic imine (C=N–C) groups is 1. The second-order valence-electron chi connectivity index (χ2n) is 6.50. The van der Waals surface area contributed by atoms with Gasteiger partial charge in [-0.1, -0.05) is 35.0 Å². The molecule has 3 aliphatic heterocycles. The van der Waals surface area contributed by atoms with Gasteiger partial charge in [-0.3, -0.25) is 4.79 Å². The zero-order chi connectivity index (χ0) is 18.5. The molecule has 0 aliphatic carbocycles. The Labute approximate surface area is 165 Å². The lowest BCUT2D eigenvalue weighted by atomic mass is 10.2. The summed E-state index contributed by atoms with van der Waals surface area (Å²) in [5, 5.41) is 1.11. The van der Waals surface area contributed by atoms with E-state index in [-0.39, 0.29) is 28.7 Å². The fourth-order valence-corrected chi connectivity index (χ4v) is 7.65. The molecule has 3 aliphatic rings. The van der Waals surface area contributed by atoms with Gasteiger partial charge in [-0.2, -0.15) is 4.99 Å². The number of rotatable bonds is 2. The number of halogens is 2. The van der Waals surface area contributed by atoms with Crippen LogP contribution in [-0.2, 0) is 19.4 Å². The highest BCUT2D eigenvalue weighted by atomic mass is 35.5. The minimum absolute atomic E-state index is 0.0258. The number of thioether (sulfide) groups is 1. The third-order valence-corrected chi connectivity index (χ3v) is 8.61. The van der Waals surface area contributed by atoms with Gasteiger partial charge in [0.15, 0.2) is 15.0 Å². The highest BCUT2D eigenvalue weighted by Gasteiger charge is 2.49. The number of anilines is 1. The van der Waals surface area contributed by atoms with Crippen molar-refractivity contribution in [3.8, 4) is 0 Å². The first-order valence-corrected chi connectivity index (χ1v) is 11.7. The van der Waals surface area contributed by atoms with Gasteiger partial charge in [0.05, 0.1) is 27.6 Å². The third kappa shape index (κ3) is 3.49. The number of hydrogen-bond acceptors (Lipinski definition) is 5. The molecule has 1 aromatic rings. The molecule has 3 fully saturated rings.